The molecule has 0 aliphatic carbocycles. The van der Waals surface area contributed by atoms with Crippen LogP contribution >= 0.6 is 0 Å². The van der Waals surface area contributed by atoms with E-state index in [4.69, 9.17) is 14.2 Å². The molecule has 0 aliphatic heterocycles. The van der Waals surface area contributed by atoms with Crippen molar-refractivity contribution in [2.45, 2.75) is 194 Å². The number of ether oxygens (including phenoxy) is 3. The zero-order chi connectivity index (χ0) is 40.1. The number of rotatable bonds is 38. The second-order valence-corrected chi connectivity index (χ2v) is 14.3. The van der Waals surface area contributed by atoms with Gasteiger partial charge in [0.05, 0.1) is 0 Å². The lowest BCUT2D eigenvalue weighted by Gasteiger charge is -2.18. The SMILES string of the molecule is CC\C=C/C=C\C=C/CCCCCCCCCC(=O)OCC(COC(=O)CCC/C=C\CCCCCC)OC(=O)CCCCCCC\C=C/C=C\C=C/CC. The standard InChI is InChI=1S/C49H80O6/c1-4-7-10-13-16-19-21-23-24-26-27-30-33-36-39-42-48(51)54-45-46(44-53-47(50)41-38-35-32-29-18-15-12-9-6-3)55-49(52)43-40-37-34-31-28-25-22-20-17-14-11-8-5-2/h7-8,10-11,13-14,16-17,19-22,29,32,46H,4-6,9,12,15,18,23-28,30-31,33-45H2,1-3H3/b10-7-,11-8-,16-13-,17-14-,21-19-,22-20-,32-29-. The Morgan fingerprint density at radius 3 is 1.22 bits per heavy atom. The molecule has 1 atom stereocenters. The molecule has 0 radical (unpaired) electrons. The van der Waals surface area contributed by atoms with Gasteiger partial charge in [-0.15, -0.1) is 0 Å². The first-order valence-corrected chi connectivity index (χ1v) is 22.2. The van der Waals surface area contributed by atoms with Gasteiger partial charge in [0.1, 0.15) is 13.2 Å². The van der Waals surface area contributed by atoms with Gasteiger partial charge in [-0.1, -0.05) is 176 Å². The second kappa shape index (κ2) is 43.3. The number of allylic oxidation sites excluding steroid dienone is 14. The topological polar surface area (TPSA) is 78.9 Å². The summed E-state index contributed by atoms with van der Waals surface area (Å²) in [6, 6.07) is 0. The van der Waals surface area contributed by atoms with Crippen LogP contribution in [-0.4, -0.2) is 37.2 Å². The summed E-state index contributed by atoms with van der Waals surface area (Å²) in [4.78, 5) is 37.6. The monoisotopic (exact) mass is 765 g/mol. The van der Waals surface area contributed by atoms with E-state index in [1.165, 1.54) is 51.4 Å². The highest BCUT2D eigenvalue weighted by Crippen LogP contribution is 2.13. The van der Waals surface area contributed by atoms with Gasteiger partial charge in [-0.3, -0.25) is 14.4 Å². The summed E-state index contributed by atoms with van der Waals surface area (Å²) >= 11 is 0. The molecular formula is C49H80O6. The molecule has 0 N–H and O–H groups in total. The predicted molar refractivity (Wildman–Crippen MR) is 233 cm³/mol. The first kappa shape index (κ1) is 51.6. The smallest absolute Gasteiger partial charge is 0.306 e. The average Bonchev–Trinajstić information content (AvgIpc) is 3.18. The molecule has 0 aromatic carbocycles. The van der Waals surface area contributed by atoms with Crippen LogP contribution in [0.2, 0.25) is 0 Å². The summed E-state index contributed by atoms with van der Waals surface area (Å²) in [6.07, 6.45) is 54.3. The van der Waals surface area contributed by atoms with Crippen molar-refractivity contribution in [3.63, 3.8) is 0 Å². The Morgan fingerprint density at radius 2 is 0.745 bits per heavy atom. The quantitative estimate of drug-likeness (QED) is 0.0205. The van der Waals surface area contributed by atoms with Gasteiger partial charge in [0.2, 0.25) is 0 Å². The van der Waals surface area contributed by atoms with Gasteiger partial charge in [0.15, 0.2) is 6.10 Å². The van der Waals surface area contributed by atoms with Gasteiger partial charge < -0.3 is 14.2 Å². The minimum atomic E-state index is -0.800. The molecule has 0 saturated carbocycles. The molecule has 0 fully saturated rings. The maximum Gasteiger partial charge on any atom is 0.306 e. The van der Waals surface area contributed by atoms with Crippen LogP contribution in [0.1, 0.15) is 188 Å². The Morgan fingerprint density at radius 1 is 0.382 bits per heavy atom. The van der Waals surface area contributed by atoms with Crippen LogP contribution < -0.4 is 0 Å². The van der Waals surface area contributed by atoms with E-state index in [0.717, 1.165) is 89.9 Å². The van der Waals surface area contributed by atoms with Crippen molar-refractivity contribution in [3.05, 3.63) is 85.1 Å². The van der Waals surface area contributed by atoms with Crippen LogP contribution in [0.3, 0.4) is 0 Å². The van der Waals surface area contributed by atoms with Crippen LogP contribution in [0.25, 0.3) is 0 Å². The first-order valence-electron chi connectivity index (χ1n) is 22.2. The fraction of sp³-hybridized carbons (Fsp3) is 0.653. The molecule has 6 heteroatoms. The minimum Gasteiger partial charge on any atom is -0.462 e. The molecule has 0 amide bonds. The third-order valence-electron chi connectivity index (χ3n) is 8.99. The molecule has 0 heterocycles. The maximum atomic E-state index is 12.7. The number of unbranched alkanes of at least 4 members (excludes halogenated alkanes) is 17. The van der Waals surface area contributed by atoms with Crippen LogP contribution in [0.4, 0.5) is 0 Å². The van der Waals surface area contributed by atoms with Crippen molar-refractivity contribution in [2.24, 2.45) is 0 Å². The molecular weight excluding hydrogens is 685 g/mol. The number of carbonyl (C=O) groups excluding carboxylic acids is 3. The third-order valence-corrected chi connectivity index (χ3v) is 8.99. The Labute approximate surface area is 337 Å². The molecule has 0 rings (SSSR count). The van der Waals surface area contributed by atoms with E-state index in [-0.39, 0.29) is 31.1 Å². The largest absolute Gasteiger partial charge is 0.462 e. The first-order chi connectivity index (χ1) is 27.0. The lowest BCUT2D eigenvalue weighted by Crippen LogP contribution is -2.30. The summed E-state index contributed by atoms with van der Waals surface area (Å²) < 4.78 is 16.6. The van der Waals surface area contributed by atoms with Gasteiger partial charge in [0.25, 0.3) is 0 Å². The number of hydrogen-bond donors (Lipinski definition) is 0. The second-order valence-electron chi connectivity index (χ2n) is 14.3. The summed E-state index contributed by atoms with van der Waals surface area (Å²) in [5.41, 5.74) is 0. The van der Waals surface area contributed by atoms with Crippen LogP contribution in [-0.2, 0) is 28.6 Å². The summed E-state index contributed by atoms with van der Waals surface area (Å²) in [5, 5.41) is 0. The van der Waals surface area contributed by atoms with E-state index in [1.54, 1.807) is 0 Å². The van der Waals surface area contributed by atoms with Gasteiger partial charge >= 0.3 is 17.9 Å². The van der Waals surface area contributed by atoms with E-state index in [9.17, 15) is 14.4 Å². The fourth-order valence-electron chi connectivity index (χ4n) is 5.68. The Hall–Kier alpha value is -3.41. The molecule has 55 heavy (non-hydrogen) atoms. The number of esters is 3. The molecule has 6 nitrogen and oxygen atoms in total. The highest BCUT2D eigenvalue weighted by Gasteiger charge is 2.19. The molecule has 0 aliphatic rings. The average molecular weight is 765 g/mol. The molecule has 0 saturated heterocycles. The van der Waals surface area contributed by atoms with Crippen molar-refractivity contribution >= 4 is 17.9 Å². The highest BCUT2D eigenvalue weighted by molar-refractivity contribution is 5.71. The molecule has 0 aromatic heterocycles. The Kier molecular flexibility index (Phi) is 40.6. The molecule has 1 unspecified atom stereocenters. The van der Waals surface area contributed by atoms with E-state index in [0.29, 0.717) is 25.7 Å². The minimum absolute atomic E-state index is 0.101. The number of hydrogen-bond acceptors (Lipinski definition) is 6. The summed E-state index contributed by atoms with van der Waals surface area (Å²) in [7, 11) is 0. The zero-order valence-electron chi connectivity index (χ0n) is 35.4. The lowest BCUT2D eigenvalue weighted by atomic mass is 10.1. The molecule has 0 bridgehead atoms. The third kappa shape index (κ3) is 41.6. The Bertz CT molecular complexity index is 1110. The molecule has 312 valence electrons. The Balaban J connectivity index is 4.45. The van der Waals surface area contributed by atoms with Crippen molar-refractivity contribution in [1.82, 2.24) is 0 Å². The van der Waals surface area contributed by atoms with E-state index < -0.39 is 6.10 Å². The normalized spacial score (nSPS) is 12.9. The van der Waals surface area contributed by atoms with Gasteiger partial charge in [-0.2, -0.15) is 0 Å². The van der Waals surface area contributed by atoms with Gasteiger partial charge in [-0.25, -0.2) is 0 Å². The maximum absolute atomic E-state index is 12.7. The molecule has 0 aromatic rings. The van der Waals surface area contributed by atoms with Crippen LogP contribution in [0.15, 0.2) is 85.1 Å². The number of carbonyl (C=O) groups is 3. The van der Waals surface area contributed by atoms with Gasteiger partial charge in [-0.05, 0) is 77.0 Å². The summed E-state index contributed by atoms with van der Waals surface area (Å²) in [5.74, 6) is -0.980. The zero-order valence-corrected chi connectivity index (χ0v) is 35.4. The predicted octanol–water partition coefficient (Wildman–Crippen LogP) is 14.1. The van der Waals surface area contributed by atoms with Crippen molar-refractivity contribution < 1.29 is 28.6 Å². The highest BCUT2D eigenvalue weighted by atomic mass is 16.6. The van der Waals surface area contributed by atoms with Crippen molar-refractivity contribution in [3.8, 4) is 0 Å². The van der Waals surface area contributed by atoms with E-state index >= 15 is 0 Å². The van der Waals surface area contributed by atoms with Crippen molar-refractivity contribution in [1.29, 1.82) is 0 Å². The van der Waals surface area contributed by atoms with E-state index in [2.05, 4.69) is 99.8 Å². The molecule has 0 spiro atoms. The van der Waals surface area contributed by atoms with Crippen LogP contribution in [0.5, 0.6) is 0 Å². The van der Waals surface area contributed by atoms with E-state index in [1.807, 2.05) is 6.08 Å². The van der Waals surface area contributed by atoms with Gasteiger partial charge in [0, 0.05) is 19.3 Å². The van der Waals surface area contributed by atoms with Crippen molar-refractivity contribution in [2.75, 3.05) is 13.2 Å². The fourth-order valence-corrected chi connectivity index (χ4v) is 5.68. The lowest BCUT2D eigenvalue weighted by molar-refractivity contribution is -0.167. The summed E-state index contributed by atoms with van der Waals surface area (Å²) in [6.45, 7) is 6.26. The van der Waals surface area contributed by atoms with Crippen LogP contribution in [0, 0.1) is 0 Å².